The van der Waals surface area contributed by atoms with E-state index in [1.807, 2.05) is 13.8 Å². The van der Waals surface area contributed by atoms with Gasteiger partial charge in [0.15, 0.2) is 5.79 Å². The van der Waals surface area contributed by atoms with E-state index in [2.05, 4.69) is 4.98 Å². The molecule has 2 rings (SSSR count). The summed E-state index contributed by atoms with van der Waals surface area (Å²) in [7, 11) is 0. The molecular weight excluding hydrogens is 262 g/mol. The fourth-order valence-corrected chi connectivity index (χ4v) is 2.03. The average molecular weight is 276 g/mol. The smallest absolute Gasteiger partial charge is 0.358 e. The highest BCUT2D eigenvalue weighted by Gasteiger charge is 2.32. The summed E-state index contributed by atoms with van der Waals surface area (Å²) in [6.07, 6.45) is 1.96. The van der Waals surface area contributed by atoms with Gasteiger partial charge in [-0.1, -0.05) is 0 Å². The molecule has 1 saturated heterocycles. The maximum atomic E-state index is 10.5. The van der Waals surface area contributed by atoms with Gasteiger partial charge in [-0.05, 0) is 41.8 Å². The van der Waals surface area contributed by atoms with E-state index >= 15 is 0 Å². The van der Waals surface area contributed by atoms with Crippen molar-refractivity contribution in [3.05, 3.63) is 21.6 Å². The monoisotopic (exact) mass is 275 g/mol. The first-order chi connectivity index (χ1) is 8.37. The Bertz CT molecular complexity index is 460. The third kappa shape index (κ3) is 2.98. The van der Waals surface area contributed by atoms with Crippen molar-refractivity contribution in [2.45, 2.75) is 38.7 Å². The van der Waals surface area contributed by atoms with Crippen LogP contribution in [0, 0.1) is 10.1 Å². The number of hydrogen-bond acceptors (Lipinski definition) is 5. The van der Waals surface area contributed by atoms with Crippen molar-refractivity contribution >= 4 is 17.4 Å². The number of aromatic nitrogens is 2. The molecule has 18 heavy (non-hydrogen) atoms. The average Bonchev–Trinajstić information content (AvgIpc) is 2.79. The second-order valence-electron chi connectivity index (χ2n) is 4.56. The van der Waals surface area contributed by atoms with Crippen LogP contribution in [-0.4, -0.2) is 33.0 Å². The van der Waals surface area contributed by atoms with Gasteiger partial charge < -0.3 is 19.6 Å². The fourth-order valence-electron chi connectivity index (χ4n) is 1.81. The van der Waals surface area contributed by atoms with Crippen LogP contribution in [-0.2, 0) is 16.0 Å². The second-order valence-corrected chi connectivity index (χ2v) is 4.90. The first kappa shape index (κ1) is 13.3. The first-order valence-electron chi connectivity index (χ1n) is 5.56. The third-order valence-corrected chi connectivity index (χ3v) is 2.96. The summed E-state index contributed by atoms with van der Waals surface area (Å²) in [5.41, 5.74) is 0. The second kappa shape index (κ2) is 4.83. The van der Waals surface area contributed by atoms with Crippen LogP contribution in [0.15, 0.2) is 6.20 Å². The molecule has 1 aliphatic rings. The van der Waals surface area contributed by atoms with Crippen molar-refractivity contribution in [3.63, 3.8) is 0 Å². The van der Waals surface area contributed by atoms with Gasteiger partial charge in [0.1, 0.15) is 6.20 Å². The summed E-state index contributed by atoms with van der Waals surface area (Å²) in [5, 5.41) is 10.6. The number of imidazole rings is 1. The van der Waals surface area contributed by atoms with Gasteiger partial charge >= 0.3 is 11.1 Å². The topological polar surface area (TPSA) is 79.4 Å². The van der Waals surface area contributed by atoms with Gasteiger partial charge in [-0.15, -0.1) is 0 Å². The van der Waals surface area contributed by atoms with Crippen molar-refractivity contribution in [1.29, 1.82) is 0 Å². The largest absolute Gasteiger partial charge is 0.383 e. The molecule has 0 amide bonds. The van der Waals surface area contributed by atoms with E-state index in [0.29, 0.717) is 19.6 Å². The number of hydrogen-bond donors (Lipinski definition) is 0. The van der Waals surface area contributed by atoms with Gasteiger partial charge in [0, 0.05) is 6.54 Å². The molecule has 0 spiro atoms. The number of aryl methyl sites for hydroxylation is 1. The van der Waals surface area contributed by atoms with Crippen LogP contribution in [0.5, 0.6) is 0 Å². The quantitative estimate of drug-likeness (QED) is 0.620. The minimum absolute atomic E-state index is 0.0301. The summed E-state index contributed by atoms with van der Waals surface area (Å²) in [4.78, 5) is 13.6. The van der Waals surface area contributed by atoms with Gasteiger partial charge in [-0.3, -0.25) is 4.57 Å². The molecule has 0 bridgehead atoms. The lowest BCUT2D eigenvalue weighted by atomic mass is 10.2. The SMILES string of the molecule is CC1(C)OCC(CCn2cc([N+](=O)[O-])nc2Cl)O1. The van der Waals surface area contributed by atoms with E-state index in [1.54, 1.807) is 0 Å². The molecule has 1 unspecified atom stereocenters. The van der Waals surface area contributed by atoms with Gasteiger partial charge in [-0.2, -0.15) is 0 Å². The van der Waals surface area contributed by atoms with Crippen LogP contribution in [0.25, 0.3) is 0 Å². The summed E-state index contributed by atoms with van der Waals surface area (Å²) in [6.45, 7) is 4.72. The highest BCUT2D eigenvalue weighted by molar-refractivity contribution is 6.28. The lowest BCUT2D eigenvalue weighted by molar-refractivity contribution is -0.389. The van der Waals surface area contributed by atoms with E-state index in [9.17, 15) is 10.1 Å². The molecule has 1 atom stereocenters. The number of nitrogens with zero attached hydrogens (tertiary/aromatic N) is 3. The molecule has 0 N–H and O–H groups in total. The Labute approximate surface area is 109 Å². The van der Waals surface area contributed by atoms with Crippen molar-refractivity contribution in [1.82, 2.24) is 9.55 Å². The Hall–Kier alpha value is -1.18. The van der Waals surface area contributed by atoms with E-state index in [4.69, 9.17) is 21.1 Å². The zero-order valence-corrected chi connectivity index (χ0v) is 10.9. The zero-order valence-electron chi connectivity index (χ0n) is 10.1. The normalized spacial score (nSPS) is 22.3. The van der Waals surface area contributed by atoms with Crippen LogP contribution in [0.1, 0.15) is 20.3 Å². The third-order valence-electron chi connectivity index (χ3n) is 2.66. The number of nitro groups is 1. The number of ether oxygens (including phenoxy) is 2. The van der Waals surface area contributed by atoms with E-state index in [-0.39, 0.29) is 17.2 Å². The van der Waals surface area contributed by atoms with E-state index in [1.165, 1.54) is 10.8 Å². The molecule has 0 radical (unpaired) electrons. The minimum Gasteiger partial charge on any atom is -0.358 e. The molecule has 1 aromatic heterocycles. The van der Waals surface area contributed by atoms with Gasteiger partial charge in [-0.25, -0.2) is 0 Å². The van der Waals surface area contributed by atoms with Crippen molar-refractivity contribution < 1.29 is 14.4 Å². The highest BCUT2D eigenvalue weighted by Crippen LogP contribution is 2.25. The van der Waals surface area contributed by atoms with Crippen molar-refractivity contribution in [2.24, 2.45) is 0 Å². The Morgan fingerprint density at radius 2 is 2.44 bits per heavy atom. The lowest BCUT2D eigenvalue weighted by Crippen LogP contribution is -2.22. The van der Waals surface area contributed by atoms with Crippen LogP contribution in [0.3, 0.4) is 0 Å². The molecule has 2 heterocycles. The number of rotatable bonds is 4. The molecule has 7 nitrogen and oxygen atoms in total. The van der Waals surface area contributed by atoms with Crippen molar-refractivity contribution in [3.8, 4) is 0 Å². The van der Waals surface area contributed by atoms with Crippen LogP contribution >= 0.6 is 11.6 Å². The van der Waals surface area contributed by atoms with Crippen LogP contribution in [0.4, 0.5) is 5.82 Å². The van der Waals surface area contributed by atoms with Gasteiger partial charge in [0.05, 0.1) is 12.7 Å². The molecule has 1 aromatic rings. The summed E-state index contributed by atoms with van der Waals surface area (Å²) < 4.78 is 12.6. The predicted octanol–water partition coefficient (Wildman–Crippen LogP) is 1.99. The highest BCUT2D eigenvalue weighted by atomic mass is 35.5. The Balaban J connectivity index is 1.93. The molecule has 1 fully saturated rings. The minimum atomic E-state index is -0.569. The molecule has 0 saturated carbocycles. The molecule has 1 aliphatic heterocycles. The predicted molar refractivity (Wildman–Crippen MR) is 63.4 cm³/mol. The lowest BCUT2D eigenvalue weighted by Gasteiger charge is -2.16. The summed E-state index contributed by atoms with van der Waals surface area (Å²) in [5.74, 6) is -0.806. The fraction of sp³-hybridized carbons (Fsp3) is 0.700. The molecule has 8 heteroatoms. The van der Waals surface area contributed by atoms with Gasteiger partial charge in [0.25, 0.3) is 0 Å². The Morgan fingerprint density at radius 1 is 1.72 bits per heavy atom. The van der Waals surface area contributed by atoms with Crippen molar-refractivity contribution in [2.75, 3.05) is 6.61 Å². The van der Waals surface area contributed by atoms with Crippen LogP contribution < -0.4 is 0 Å². The molecule has 0 aliphatic carbocycles. The van der Waals surface area contributed by atoms with Gasteiger partial charge in [0.2, 0.25) is 0 Å². The standard InChI is InChI=1S/C10H14ClN3O4/c1-10(2)17-6-7(18-10)3-4-13-5-8(14(15)16)12-9(13)11/h5,7H,3-4,6H2,1-2H3. The number of halogens is 1. The Kier molecular flexibility index (Phi) is 3.56. The maximum absolute atomic E-state index is 10.5. The maximum Gasteiger partial charge on any atom is 0.383 e. The van der Waals surface area contributed by atoms with E-state index < -0.39 is 10.7 Å². The molecular formula is C10H14ClN3O4. The van der Waals surface area contributed by atoms with Crippen LogP contribution in [0.2, 0.25) is 5.28 Å². The first-order valence-corrected chi connectivity index (χ1v) is 5.94. The molecule has 100 valence electrons. The summed E-state index contributed by atoms with van der Waals surface area (Å²) in [6, 6.07) is 0. The Morgan fingerprint density at radius 3 is 2.94 bits per heavy atom. The zero-order chi connectivity index (χ0) is 13.3. The van der Waals surface area contributed by atoms with E-state index in [0.717, 1.165) is 0 Å². The molecule has 0 aromatic carbocycles. The summed E-state index contributed by atoms with van der Waals surface area (Å²) >= 11 is 5.81.